The van der Waals surface area contributed by atoms with Crippen molar-refractivity contribution in [2.75, 3.05) is 0 Å². The third-order valence-electron chi connectivity index (χ3n) is 1.43. The molecule has 0 aromatic rings. The summed E-state index contributed by atoms with van der Waals surface area (Å²) in [6.45, 7) is 8.60. The molecule has 0 aromatic carbocycles. The fraction of sp³-hybridized carbons (Fsp3) is 0.700. The van der Waals surface area contributed by atoms with Crippen molar-refractivity contribution in [3.05, 3.63) is 11.8 Å². The van der Waals surface area contributed by atoms with Gasteiger partial charge in [-0.3, -0.25) is 4.99 Å². The second kappa shape index (κ2) is 6.14. The van der Waals surface area contributed by atoms with Crippen LogP contribution in [0.15, 0.2) is 16.8 Å². The first-order valence-corrected chi connectivity index (χ1v) is 4.44. The van der Waals surface area contributed by atoms with E-state index in [1.165, 1.54) is 5.70 Å². The Morgan fingerprint density at radius 3 is 2.27 bits per heavy atom. The molecule has 0 saturated carbocycles. The van der Waals surface area contributed by atoms with Crippen LogP contribution in [0.2, 0.25) is 0 Å². The maximum atomic E-state index is 4.37. The molecule has 0 amide bonds. The van der Waals surface area contributed by atoms with E-state index >= 15 is 0 Å². The van der Waals surface area contributed by atoms with Crippen molar-refractivity contribution in [3.8, 4) is 0 Å². The van der Waals surface area contributed by atoms with E-state index in [4.69, 9.17) is 0 Å². The molecular formula is C10H19N. The quantitative estimate of drug-likeness (QED) is 0.549. The van der Waals surface area contributed by atoms with Gasteiger partial charge in [0.05, 0.1) is 0 Å². The van der Waals surface area contributed by atoms with Crippen molar-refractivity contribution in [3.63, 3.8) is 0 Å². The van der Waals surface area contributed by atoms with Crippen LogP contribution >= 0.6 is 0 Å². The van der Waals surface area contributed by atoms with Gasteiger partial charge in [0.15, 0.2) is 0 Å². The maximum Gasteiger partial charge on any atom is 0.0385 e. The summed E-state index contributed by atoms with van der Waals surface area (Å²) in [5.41, 5.74) is 1.22. The third-order valence-corrected chi connectivity index (χ3v) is 1.43. The Labute approximate surface area is 70.2 Å². The van der Waals surface area contributed by atoms with Gasteiger partial charge >= 0.3 is 0 Å². The zero-order valence-electron chi connectivity index (χ0n) is 8.09. The average Bonchev–Trinajstić information content (AvgIpc) is 1.97. The minimum absolute atomic E-state index is 0.553. The lowest BCUT2D eigenvalue weighted by Crippen LogP contribution is -1.90. The molecule has 0 rings (SSSR count). The van der Waals surface area contributed by atoms with Crippen LogP contribution in [0.4, 0.5) is 0 Å². The summed E-state index contributed by atoms with van der Waals surface area (Å²) < 4.78 is 0. The van der Waals surface area contributed by atoms with Crippen molar-refractivity contribution in [2.45, 2.75) is 40.5 Å². The topological polar surface area (TPSA) is 12.4 Å². The van der Waals surface area contributed by atoms with Crippen LogP contribution in [-0.4, -0.2) is 6.21 Å². The number of nitrogens with zero attached hydrogens (tertiary/aromatic N) is 1. The molecule has 0 aromatic heterocycles. The molecule has 0 aliphatic carbocycles. The SMILES string of the molecule is CCC=N/C(=C\CC)C(C)C. The van der Waals surface area contributed by atoms with Gasteiger partial charge in [0, 0.05) is 11.9 Å². The van der Waals surface area contributed by atoms with Gasteiger partial charge in [0.2, 0.25) is 0 Å². The van der Waals surface area contributed by atoms with Crippen LogP contribution in [0.1, 0.15) is 40.5 Å². The molecule has 0 radical (unpaired) electrons. The van der Waals surface area contributed by atoms with Crippen LogP contribution in [0, 0.1) is 5.92 Å². The summed E-state index contributed by atoms with van der Waals surface area (Å²) in [7, 11) is 0. The van der Waals surface area contributed by atoms with E-state index in [9.17, 15) is 0 Å². The molecule has 0 spiro atoms. The van der Waals surface area contributed by atoms with E-state index < -0.39 is 0 Å². The van der Waals surface area contributed by atoms with Gasteiger partial charge in [-0.15, -0.1) is 0 Å². The lowest BCUT2D eigenvalue weighted by Gasteiger charge is -2.03. The van der Waals surface area contributed by atoms with Crippen molar-refractivity contribution >= 4 is 6.21 Å². The molecule has 64 valence electrons. The molecule has 1 heteroatoms. The fourth-order valence-corrected chi connectivity index (χ4v) is 0.843. The predicted octanol–water partition coefficient (Wildman–Crippen LogP) is 3.42. The molecule has 0 aliphatic heterocycles. The summed E-state index contributed by atoms with van der Waals surface area (Å²) in [4.78, 5) is 4.37. The summed E-state index contributed by atoms with van der Waals surface area (Å²) >= 11 is 0. The molecule has 0 atom stereocenters. The highest BCUT2D eigenvalue weighted by Gasteiger charge is 1.97. The minimum atomic E-state index is 0.553. The first-order chi connectivity index (χ1) is 5.22. The smallest absolute Gasteiger partial charge is 0.0385 e. The highest BCUT2D eigenvalue weighted by atomic mass is 14.7. The largest absolute Gasteiger partial charge is 0.266 e. The summed E-state index contributed by atoms with van der Waals surface area (Å²) in [6, 6.07) is 0. The monoisotopic (exact) mass is 153 g/mol. The Hall–Kier alpha value is -0.590. The van der Waals surface area contributed by atoms with Crippen LogP contribution in [-0.2, 0) is 0 Å². The molecule has 0 unspecified atom stereocenters. The predicted molar refractivity (Wildman–Crippen MR) is 52.0 cm³/mol. The number of aliphatic imine (C=N–C) groups is 1. The van der Waals surface area contributed by atoms with Crippen LogP contribution < -0.4 is 0 Å². The van der Waals surface area contributed by atoms with Gasteiger partial charge in [0.25, 0.3) is 0 Å². The standard InChI is InChI=1S/C10H19N/c1-5-7-10(9(3)4)11-8-6-2/h7-9H,5-6H2,1-4H3/b10-7-,11-8?. The molecule has 11 heavy (non-hydrogen) atoms. The minimum Gasteiger partial charge on any atom is -0.266 e. The van der Waals surface area contributed by atoms with E-state index in [0.29, 0.717) is 5.92 Å². The Morgan fingerprint density at radius 2 is 1.91 bits per heavy atom. The molecule has 0 N–H and O–H groups in total. The maximum absolute atomic E-state index is 4.37. The first-order valence-electron chi connectivity index (χ1n) is 4.44. The van der Waals surface area contributed by atoms with Gasteiger partial charge in [-0.05, 0) is 18.8 Å². The number of hydrogen-bond acceptors (Lipinski definition) is 1. The number of rotatable bonds is 4. The highest BCUT2D eigenvalue weighted by Crippen LogP contribution is 2.10. The number of hydrogen-bond donors (Lipinski definition) is 0. The third kappa shape index (κ3) is 4.77. The normalized spacial score (nSPS) is 13.4. The molecule has 0 heterocycles. The van der Waals surface area contributed by atoms with Crippen molar-refractivity contribution in [1.82, 2.24) is 0 Å². The Balaban J connectivity index is 4.11. The van der Waals surface area contributed by atoms with Gasteiger partial charge in [-0.25, -0.2) is 0 Å². The van der Waals surface area contributed by atoms with E-state index in [1.807, 2.05) is 6.21 Å². The second-order valence-corrected chi connectivity index (χ2v) is 2.91. The van der Waals surface area contributed by atoms with Gasteiger partial charge < -0.3 is 0 Å². The molecule has 1 nitrogen and oxygen atoms in total. The Morgan fingerprint density at radius 1 is 1.27 bits per heavy atom. The molecule has 0 bridgehead atoms. The summed E-state index contributed by atoms with van der Waals surface area (Å²) in [6.07, 6.45) is 6.26. The summed E-state index contributed by atoms with van der Waals surface area (Å²) in [5.74, 6) is 0.553. The van der Waals surface area contributed by atoms with Gasteiger partial charge in [0.1, 0.15) is 0 Å². The molecule has 0 saturated heterocycles. The number of allylic oxidation sites excluding steroid dienone is 2. The van der Waals surface area contributed by atoms with E-state index in [2.05, 4.69) is 38.8 Å². The van der Waals surface area contributed by atoms with Gasteiger partial charge in [-0.1, -0.05) is 33.8 Å². The van der Waals surface area contributed by atoms with Crippen molar-refractivity contribution in [2.24, 2.45) is 10.9 Å². The van der Waals surface area contributed by atoms with E-state index in [-0.39, 0.29) is 0 Å². The highest BCUT2D eigenvalue weighted by molar-refractivity contribution is 5.58. The second-order valence-electron chi connectivity index (χ2n) is 2.91. The van der Waals surface area contributed by atoms with E-state index in [1.54, 1.807) is 0 Å². The fourth-order valence-electron chi connectivity index (χ4n) is 0.843. The van der Waals surface area contributed by atoms with Gasteiger partial charge in [-0.2, -0.15) is 0 Å². The van der Waals surface area contributed by atoms with Crippen LogP contribution in [0.3, 0.4) is 0 Å². The van der Waals surface area contributed by atoms with Crippen molar-refractivity contribution < 1.29 is 0 Å². The Kier molecular flexibility index (Phi) is 5.81. The Bertz CT molecular complexity index is 143. The molecule has 0 aliphatic rings. The zero-order chi connectivity index (χ0) is 8.69. The van der Waals surface area contributed by atoms with Crippen LogP contribution in [0.5, 0.6) is 0 Å². The molecular weight excluding hydrogens is 134 g/mol. The average molecular weight is 153 g/mol. The zero-order valence-corrected chi connectivity index (χ0v) is 8.09. The summed E-state index contributed by atoms with van der Waals surface area (Å²) in [5, 5.41) is 0. The lowest BCUT2D eigenvalue weighted by atomic mass is 10.1. The van der Waals surface area contributed by atoms with E-state index in [0.717, 1.165) is 12.8 Å². The lowest BCUT2D eigenvalue weighted by molar-refractivity contribution is 0.752. The van der Waals surface area contributed by atoms with Crippen LogP contribution in [0.25, 0.3) is 0 Å². The molecule has 0 fully saturated rings. The first kappa shape index (κ1) is 10.4. The van der Waals surface area contributed by atoms with Crippen molar-refractivity contribution in [1.29, 1.82) is 0 Å².